The van der Waals surface area contributed by atoms with Crippen LogP contribution in [0.5, 0.6) is 0 Å². The molecule has 0 rings (SSSR count). The van der Waals surface area contributed by atoms with Gasteiger partial charge in [-0.15, -0.1) is 6.42 Å². The minimum atomic E-state index is -1.10. The van der Waals surface area contributed by atoms with Crippen LogP contribution < -0.4 is 5.32 Å². The van der Waals surface area contributed by atoms with Gasteiger partial charge in [0.05, 0.1) is 13.1 Å². The maximum atomic E-state index is 12.4. The Morgan fingerprint density at radius 3 is 2.32 bits per heavy atom. The highest BCUT2D eigenvalue weighted by molar-refractivity contribution is 5.84. The van der Waals surface area contributed by atoms with Gasteiger partial charge in [0.2, 0.25) is 0 Å². The molecule has 22 heavy (non-hydrogen) atoms. The molecule has 1 N–H and O–H groups in total. The van der Waals surface area contributed by atoms with E-state index in [0.717, 1.165) is 0 Å². The van der Waals surface area contributed by atoms with Crippen molar-refractivity contribution < 1.29 is 18.9 Å². The molecule has 0 aliphatic heterocycles. The number of ether oxygens (including phenoxy) is 1. The zero-order valence-corrected chi connectivity index (χ0v) is 14.5. The molecule has 6 nitrogen and oxygen atoms in total. The number of amides is 2. The number of carbonyl (C=O) groups excluding carboxylic acids is 2. The first-order valence-corrected chi connectivity index (χ1v) is 7.14. The first kappa shape index (κ1) is 20.1. The van der Waals surface area contributed by atoms with E-state index in [1.54, 1.807) is 34.6 Å². The smallest absolute Gasteiger partial charge is 0.411 e. The molecule has 0 aromatic heterocycles. The Balaban J connectivity index is 4.58. The molecule has 0 aliphatic rings. The Kier molecular flexibility index (Phi) is 7.27. The molecule has 0 atom stereocenters. The van der Waals surface area contributed by atoms with E-state index in [1.165, 1.54) is 4.58 Å². The van der Waals surface area contributed by atoms with E-state index in [2.05, 4.69) is 18.0 Å². The summed E-state index contributed by atoms with van der Waals surface area (Å²) in [6.45, 7) is 13.8. The van der Waals surface area contributed by atoms with Crippen molar-refractivity contribution in [2.24, 2.45) is 0 Å². The Bertz CT molecular complexity index is 470. The lowest BCUT2D eigenvalue weighted by atomic mass is 10.0. The predicted octanol–water partition coefficient (Wildman–Crippen LogP) is 1.09. The van der Waals surface area contributed by atoms with Gasteiger partial charge in [-0.2, -0.15) is 4.58 Å². The van der Waals surface area contributed by atoms with Crippen molar-refractivity contribution in [3.05, 3.63) is 0 Å². The van der Waals surface area contributed by atoms with E-state index in [9.17, 15) is 9.59 Å². The molecule has 2 amide bonds. The molecule has 0 saturated heterocycles. The molecular weight excluding hydrogens is 282 g/mol. The number of nitrogens with one attached hydrogen (secondary N) is 1. The molecule has 0 spiro atoms. The molecule has 0 radical (unpaired) electrons. The molecule has 0 bridgehead atoms. The Labute approximate surface area is 133 Å². The van der Waals surface area contributed by atoms with Crippen LogP contribution in [0.4, 0.5) is 4.79 Å². The second-order valence-electron chi connectivity index (χ2n) is 6.76. The molecule has 0 aromatic carbocycles. The van der Waals surface area contributed by atoms with Crippen LogP contribution in [-0.2, 0) is 9.53 Å². The van der Waals surface area contributed by atoms with Gasteiger partial charge < -0.3 is 10.1 Å². The third-order valence-electron chi connectivity index (χ3n) is 2.75. The number of rotatable bonds is 6. The van der Waals surface area contributed by atoms with E-state index in [1.807, 2.05) is 11.9 Å². The molecule has 6 heteroatoms. The predicted molar refractivity (Wildman–Crippen MR) is 87.0 cm³/mol. The number of nitrogens with zero attached hydrogens (tertiary/aromatic N) is 2. The first-order chi connectivity index (χ1) is 9.89. The first-order valence-electron chi connectivity index (χ1n) is 7.14. The fourth-order valence-electron chi connectivity index (χ4n) is 1.64. The Morgan fingerprint density at radius 2 is 1.86 bits per heavy atom. The molecule has 0 fully saturated rings. The van der Waals surface area contributed by atoms with E-state index < -0.39 is 17.2 Å². The number of carbonyl (C=O) groups is 2. The summed E-state index contributed by atoms with van der Waals surface area (Å²) in [6.07, 6.45) is 4.59. The van der Waals surface area contributed by atoms with E-state index in [4.69, 9.17) is 11.2 Å². The highest BCUT2D eigenvalue weighted by atomic mass is 16.6. The van der Waals surface area contributed by atoms with Gasteiger partial charge in [-0.25, -0.2) is 9.59 Å². The summed E-state index contributed by atoms with van der Waals surface area (Å²) in [7, 11) is 1.86. The van der Waals surface area contributed by atoms with Gasteiger partial charge in [0.1, 0.15) is 12.3 Å². The van der Waals surface area contributed by atoms with Crippen LogP contribution in [0.2, 0.25) is 0 Å². The van der Waals surface area contributed by atoms with Crippen molar-refractivity contribution in [1.82, 2.24) is 10.2 Å². The van der Waals surface area contributed by atoms with E-state index >= 15 is 0 Å². The lowest BCUT2D eigenvalue weighted by Gasteiger charge is -2.25. The SMILES string of the molecule is C#CCN(C)CC[N+](=C)C(=O)C(C)(C)NC(=O)OC(C)(C)C. The molecule has 124 valence electrons. The van der Waals surface area contributed by atoms with Gasteiger partial charge in [-0.05, 0) is 41.7 Å². The highest BCUT2D eigenvalue weighted by Gasteiger charge is 2.38. The average molecular weight is 310 g/mol. The maximum absolute atomic E-state index is 12.4. The minimum absolute atomic E-state index is 0.299. The second kappa shape index (κ2) is 7.95. The zero-order valence-electron chi connectivity index (χ0n) is 14.5. The molecule has 0 heterocycles. The Hall–Kier alpha value is -1.87. The second-order valence-corrected chi connectivity index (χ2v) is 6.76. The van der Waals surface area contributed by atoms with E-state index in [0.29, 0.717) is 19.6 Å². The Morgan fingerprint density at radius 1 is 1.32 bits per heavy atom. The summed E-state index contributed by atoms with van der Waals surface area (Å²) in [5.74, 6) is 2.23. The van der Waals surface area contributed by atoms with Crippen LogP contribution >= 0.6 is 0 Å². The lowest BCUT2D eigenvalue weighted by Crippen LogP contribution is -2.54. The average Bonchev–Trinajstić information content (AvgIpc) is 2.32. The largest absolute Gasteiger partial charge is 0.444 e. The van der Waals surface area contributed by atoms with Crippen molar-refractivity contribution >= 4 is 18.7 Å². The number of hydrogen-bond acceptors (Lipinski definition) is 4. The van der Waals surface area contributed by atoms with Crippen molar-refractivity contribution in [1.29, 1.82) is 0 Å². The van der Waals surface area contributed by atoms with Crippen LogP contribution in [0.25, 0.3) is 0 Å². The third kappa shape index (κ3) is 7.79. The normalized spacial score (nSPS) is 11.7. The maximum Gasteiger partial charge on any atom is 0.411 e. The summed E-state index contributed by atoms with van der Waals surface area (Å²) in [5.41, 5.74) is -1.72. The van der Waals surface area contributed by atoms with Crippen molar-refractivity contribution in [2.45, 2.75) is 45.8 Å². The molecule has 0 aromatic rings. The molecular formula is C16H28N3O3+. The third-order valence-corrected chi connectivity index (χ3v) is 2.75. The van der Waals surface area contributed by atoms with Gasteiger partial charge in [-0.1, -0.05) is 5.92 Å². The summed E-state index contributed by atoms with van der Waals surface area (Å²) in [4.78, 5) is 26.1. The van der Waals surface area contributed by atoms with Gasteiger partial charge in [0.25, 0.3) is 0 Å². The monoisotopic (exact) mass is 310 g/mol. The summed E-state index contributed by atoms with van der Waals surface area (Å²) in [6, 6.07) is 0. The van der Waals surface area contributed by atoms with E-state index in [-0.39, 0.29) is 5.91 Å². The summed E-state index contributed by atoms with van der Waals surface area (Å²) in [5, 5.41) is 2.57. The lowest BCUT2D eigenvalue weighted by molar-refractivity contribution is -0.446. The quantitative estimate of drug-likeness (QED) is 0.453. The van der Waals surface area contributed by atoms with Crippen LogP contribution in [0.15, 0.2) is 0 Å². The number of terminal acetylenes is 1. The highest BCUT2D eigenvalue weighted by Crippen LogP contribution is 2.10. The van der Waals surface area contributed by atoms with Crippen LogP contribution in [0, 0.1) is 12.3 Å². The fourth-order valence-corrected chi connectivity index (χ4v) is 1.64. The number of alkyl carbamates (subject to hydrolysis) is 1. The fraction of sp³-hybridized carbons (Fsp3) is 0.688. The molecule has 0 unspecified atom stereocenters. The van der Waals surface area contributed by atoms with Gasteiger partial charge in [-0.3, -0.25) is 4.90 Å². The van der Waals surface area contributed by atoms with Crippen molar-refractivity contribution in [2.75, 3.05) is 26.7 Å². The van der Waals surface area contributed by atoms with Crippen LogP contribution in [-0.4, -0.2) is 66.0 Å². The van der Waals surface area contributed by atoms with Crippen LogP contribution in [0.3, 0.4) is 0 Å². The van der Waals surface area contributed by atoms with Crippen molar-refractivity contribution in [3.8, 4) is 12.3 Å². The van der Waals surface area contributed by atoms with Gasteiger partial charge in [0.15, 0.2) is 12.1 Å². The summed E-state index contributed by atoms with van der Waals surface area (Å²) < 4.78 is 6.49. The number of hydrogen-bond donors (Lipinski definition) is 1. The van der Waals surface area contributed by atoms with Crippen LogP contribution in [0.1, 0.15) is 34.6 Å². The number of likely N-dealkylation sites (N-methyl/N-ethyl adjacent to an activating group) is 1. The van der Waals surface area contributed by atoms with Gasteiger partial charge >= 0.3 is 12.0 Å². The van der Waals surface area contributed by atoms with Gasteiger partial charge in [0, 0.05) is 0 Å². The molecule has 0 aliphatic carbocycles. The minimum Gasteiger partial charge on any atom is -0.444 e. The van der Waals surface area contributed by atoms with Crippen molar-refractivity contribution in [3.63, 3.8) is 0 Å². The standard InChI is InChI=1S/C16H27N3O3/c1-9-10-18(7)11-12-19(8)13(20)16(5,6)17-14(21)22-15(2,3)4/h1H,8,10-12H2,2-7H3/p+1. The zero-order chi connectivity index (χ0) is 17.6. The summed E-state index contributed by atoms with van der Waals surface area (Å²) >= 11 is 0. The molecule has 0 saturated carbocycles. The topological polar surface area (TPSA) is 61.7 Å².